The van der Waals surface area contributed by atoms with Crippen molar-refractivity contribution in [2.24, 2.45) is 5.92 Å². The number of methoxy groups -OCH3 is 1. The maximum atomic E-state index is 12.9. The van der Waals surface area contributed by atoms with Crippen LogP contribution in [0.15, 0.2) is 18.2 Å². The predicted octanol–water partition coefficient (Wildman–Crippen LogP) is 2.81. The number of hydrogen-bond donors (Lipinski definition) is 1. The van der Waals surface area contributed by atoms with E-state index in [0.29, 0.717) is 17.4 Å². The van der Waals surface area contributed by atoms with Gasteiger partial charge < -0.3 is 9.84 Å². The quantitative estimate of drug-likeness (QED) is 0.880. The summed E-state index contributed by atoms with van der Waals surface area (Å²) in [5.41, 5.74) is 0.753. The summed E-state index contributed by atoms with van der Waals surface area (Å²) in [4.78, 5) is 0. The maximum absolute atomic E-state index is 12.9. The van der Waals surface area contributed by atoms with Crippen LogP contribution in [0.1, 0.15) is 18.4 Å². The number of aliphatic hydroxyl groups is 1. The Bertz CT molecular complexity index is 393. The Labute approximate surface area is 105 Å². The molecule has 1 aromatic carbocycles. The van der Waals surface area contributed by atoms with Gasteiger partial charge in [0, 0.05) is 18.6 Å². The molecule has 1 saturated carbocycles. The van der Waals surface area contributed by atoms with Gasteiger partial charge in [0.2, 0.25) is 0 Å². The third kappa shape index (κ3) is 3.18. The first-order valence-corrected chi connectivity index (χ1v) is 6.14. The van der Waals surface area contributed by atoms with Crippen LogP contribution in [0, 0.1) is 11.7 Å². The first-order valence-electron chi connectivity index (χ1n) is 5.76. The fourth-order valence-corrected chi connectivity index (χ4v) is 2.36. The zero-order chi connectivity index (χ0) is 12.4. The lowest BCUT2D eigenvalue weighted by Gasteiger charge is -2.21. The molecule has 1 fully saturated rings. The van der Waals surface area contributed by atoms with Gasteiger partial charge in [-0.3, -0.25) is 0 Å². The van der Waals surface area contributed by atoms with E-state index in [0.717, 1.165) is 18.4 Å². The molecule has 4 heteroatoms. The zero-order valence-corrected chi connectivity index (χ0v) is 10.5. The van der Waals surface area contributed by atoms with E-state index in [1.807, 2.05) is 0 Å². The summed E-state index contributed by atoms with van der Waals surface area (Å²) >= 11 is 5.92. The Morgan fingerprint density at radius 3 is 2.76 bits per heavy atom. The van der Waals surface area contributed by atoms with Crippen LogP contribution in [0.5, 0.6) is 0 Å². The van der Waals surface area contributed by atoms with Crippen LogP contribution in [0.2, 0.25) is 5.02 Å². The van der Waals surface area contributed by atoms with E-state index in [1.165, 1.54) is 12.1 Å². The minimum absolute atomic E-state index is 0.142. The largest absolute Gasteiger partial charge is 0.390 e. The van der Waals surface area contributed by atoms with Crippen LogP contribution < -0.4 is 0 Å². The molecule has 0 aromatic heterocycles. The molecule has 0 amide bonds. The topological polar surface area (TPSA) is 29.5 Å². The van der Waals surface area contributed by atoms with Crippen molar-refractivity contribution in [3.8, 4) is 0 Å². The average molecular weight is 259 g/mol. The summed E-state index contributed by atoms with van der Waals surface area (Å²) in [6.07, 6.45) is 1.87. The number of halogens is 2. The molecule has 1 aromatic rings. The summed E-state index contributed by atoms with van der Waals surface area (Å²) < 4.78 is 18.2. The van der Waals surface area contributed by atoms with Crippen molar-refractivity contribution < 1.29 is 14.2 Å². The maximum Gasteiger partial charge on any atom is 0.124 e. The highest BCUT2D eigenvalue weighted by molar-refractivity contribution is 6.31. The Morgan fingerprint density at radius 2 is 2.24 bits per heavy atom. The van der Waals surface area contributed by atoms with Gasteiger partial charge in [0.1, 0.15) is 5.82 Å². The van der Waals surface area contributed by atoms with E-state index in [4.69, 9.17) is 16.3 Å². The highest BCUT2D eigenvalue weighted by atomic mass is 35.5. The van der Waals surface area contributed by atoms with Gasteiger partial charge in [-0.1, -0.05) is 17.7 Å². The van der Waals surface area contributed by atoms with Gasteiger partial charge in [0.15, 0.2) is 0 Å². The highest BCUT2D eigenvalue weighted by Gasteiger charge is 2.36. The summed E-state index contributed by atoms with van der Waals surface area (Å²) in [6.45, 7) is 0. The molecule has 1 aliphatic rings. The van der Waals surface area contributed by atoms with Gasteiger partial charge in [-0.15, -0.1) is 0 Å². The van der Waals surface area contributed by atoms with E-state index >= 15 is 0 Å². The lowest BCUT2D eigenvalue weighted by atomic mass is 10.0. The smallest absolute Gasteiger partial charge is 0.124 e. The van der Waals surface area contributed by atoms with E-state index in [9.17, 15) is 9.50 Å². The van der Waals surface area contributed by atoms with Crippen LogP contribution in [-0.4, -0.2) is 24.4 Å². The molecule has 0 saturated heterocycles. The summed E-state index contributed by atoms with van der Waals surface area (Å²) in [6, 6.07) is 4.23. The molecule has 0 radical (unpaired) electrons. The third-order valence-electron chi connectivity index (χ3n) is 3.18. The van der Waals surface area contributed by atoms with Crippen LogP contribution in [0.3, 0.4) is 0 Å². The standard InChI is InChI=1S/C13H16ClFO2/c1-17-13(8-2-3-8)12(16)6-9-4-5-10(15)7-11(9)14/h4-5,7-8,12-13,16H,2-3,6H2,1H3. The minimum atomic E-state index is -0.588. The Kier molecular flexibility index (Phi) is 4.02. The normalized spacial score (nSPS) is 19.1. The van der Waals surface area contributed by atoms with E-state index in [2.05, 4.69) is 0 Å². The number of hydrogen-bond acceptors (Lipinski definition) is 2. The number of benzene rings is 1. The molecule has 0 heterocycles. The van der Waals surface area contributed by atoms with E-state index < -0.39 is 6.10 Å². The molecule has 17 heavy (non-hydrogen) atoms. The number of aliphatic hydroxyl groups excluding tert-OH is 1. The Hall–Kier alpha value is -0.640. The van der Waals surface area contributed by atoms with Crippen molar-refractivity contribution in [3.63, 3.8) is 0 Å². The first-order chi connectivity index (χ1) is 8.11. The minimum Gasteiger partial charge on any atom is -0.390 e. The van der Waals surface area contributed by atoms with Crippen molar-refractivity contribution >= 4 is 11.6 Å². The summed E-state index contributed by atoms with van der Waals surface area (Å²) in [5, 5.41) is 10.4. The van der Waals surface area contributed by atoms with Gasteiger partial charge in [-0.25, -0.2) is 4.39 Å². The molecular formula is C13H16ClFO2. The molecule has 94 valence electrons. The molecule has 0 aliphatic heterocycles. The lowest BCUT2D eigenvalue weighted by Crippen LogP contribution is -2.31. The van der Waals surface area contributed by atoms with Crippen molar-refractivity contribution in [1.29, 1.82) is 0 Å². The lowest BCUT2D eigenvalue weighted by molar-refractivity contribution is -0.0237. The van der Waals surface area contributed by atoms with Gasteiger partial charge >= 0.3 is 0 Å². The molecule has 1 aliphatic carbocycles. The van der Waals surface area contributed by atoms with E-state index in [-0.39, 0.29) is 11.9 Å². The molecule has 2 nitrogen and oxygen atoms in total. The number of ether oxygens (including phenoxy) is 1. The monoisotopic (exact) mass is 258 g/mol. The predicted molar refractivity (Wildman–Crippen MR) is 64.6 cm³/mol. The Morgan fingerprint density at radius 1 is 1.53 bits per heavy atom. The second-order valence-electron chi connectivity index (χ2n) is 4.54. The van der Waals surface area contributed by atoms with Gasteiger partial charge in [0.05, 0.1) is 12.2 Å². The van der Waals surface area contributed by atoms with Crippen LogP contribution in [0.25, 0.3) is 0 Å². The van der Waals surface area contributed by atoms with Crippen molar-refractivity contribution in [2.75, 3.05) is 7.11 Å². The van der Waals surface area contributed by atoms with Crippen LogP contribution >= 0.6 is 11.6 Å². The fourth-order valence-electron chi connectivity index (χ4n) is 2.12. The van der Waals surface area contributed by atoms with Crippen LogP contribution in [-0.2, 0) is 11.2 Å². The highest BCUT2D eigenvalue weighted by Crippen LogP contribution is 2.36. The number of rotatable bonds is 5. The second-order valence-corrected chi connectivity index (χ2v) is 4.95. The fraction of sp³-hybridized carbons (Fsp3) is 0.538. The SMILES string of the molecule is COC(C(O)Cc1ccc(F)cc1Cl)C1CC1. The molecule has 2 rings (SSSR count). The molecule has 2 atom stereocenters. The first kappa shape index (κ1) is 12.8. The summed E-state index contributed by atoms with van der Waals surface area (Å²) in [7, 11) is 1.61. The molecule has 2 unspecified atom stereocenters. The zero-order valence-electron chi connectivity index (χ0n) is 9.70. The third-order valence-corrected chi connectivity index (χ3v) is 3.53. The van der Waals surface area contributed by atoms with Crippen molar-refractivity contribution in [2.45, 2.75) is 31.5 Å². The van der Waals surface area contributed by atoms with Crippen molar-refractivity contribution in [3.05, 3.63) is 34.6 Å². The van der Waals surface area contributed by atoms with Gasteiger partial charge in [-0.2, -0.15) is 0 Å². The van der Waals surface area contributed by atoms with Gasteiger partial charge in [0.25, 0.3) is 0 Å². The molecule has 0 spiro atoms. The second kappa shape index (κ2) is 5.34. The molecule has 0 bridgehead atoms. The van der Waals surface area contributed by atoms with Gasteiger partial charge in [-0.05, 0) is 36.5 Å². The molecule has 1 N–H and O–H groups in total. The summed E-state index contributed by atoms with van der Waals surface area (Å²) in [5.74, 6) is 0.0907. The van der Waals surface area contributed by atoms with Crippen molar-refractivity contribution in [1.82, 2.24) is 0 Å². The average Bonchev–Trinajstić information content (AvgIpc) is 3.08. The molecular weight excluding hydrogens is 243 g/mol. The van der Waals surface area contributed by atoms with E-state index in [1.54, 1.807) is 13.2 Å². The van der Waals surface area contributed by atoms with Crippen LogP contribution in [0.4, 0.5) is 4.39 Å². The Balaban J connectivity index is 2.03.